The first-order valence-corrected chi connectivity index (χ1v) is 9.48. The smallest absolute Gasteiger partial charge is 0.203 e. The largest absolute Gasteiger partial charge is 0.504 e. The molecule has 3 aromatic rings. The third-order valence-electron chi connectivity index (χ3n) is 3.79. The molecule has 0 aliphatic rings. The van der Waals surface area contributed by atoms with E-state index in [2.05, 4.69) is 22.1 Å². The third kappa shape index (κ3) is 4.74. The van der Waals surface area contributed by atoms with Crippen LogP contribution < -0.4 is 10.2 Å². The summed E-state index contributed by atoms with van der Waals surface area (Å²) < 4.78 is 5.50. The summed E-state index contributed by atoms with van der Waals surface area (Å²) in [5, 5.41) is 17.2. The van der Waals surface area contributed by atoms with Gasteiger partial charge in [-0.05, 0) is 31.0 Å². The molecular formula is C21H21N3O2S. The Kier molecular flexibility index (Phi) is 6.22. The Labute approximate surface area is 162 Å². The Morgan fingerprint density at radius 1 is 1.30 bits per heavy atom. The molecular weight excluding hydrogens is 358 g/mol. The molecule has 0 spiro atoms. The van der Waals surface area contributed by atoms with Gasteiger partial charge in [0.25, 0.3) is 0 Å². The van der Waals surface area contributed by atoms with Gasteiger partial charge in [0.15, 0.2) is 11.5 Å². The minimum absolute atomic E-state index is 0.147. The van der Waals surface area contributed by atoms with Crippen LogP contribution in [0.25, 0.3) is 11.3 Å². The maximum absolute atomic E-state index is 10.2. The highest BCUT2D eigenvalue weighted by Gasteiger charge is 2.09. The van der Waals surface area contributed by atoms with Crippen LogP contribution >= 0.6 is 11.3 Å². The molecule has 0 atom stereocenters. The summed E-state index contributed by atoms with van der Waals surface area (Å²) in [7, 11) is 0. The van der Waals surface area contributed by atoms with Crippen molar-refractivity contribution in [3.63, 3.8) is 0 Å². The third-order valence-corrected chi connectivity index (χ3v) is 4.53. The van der Waals surface area contributed by atoms with Crippen molar-refractivity contribution in [1.29, 1.82) is 0 Å². The van der Waals surface area contributed by atoms with Gasteiger partial charge in [0.1, 0.15) is 0 Å². The van der Waals surface area contributed by atoms with Gasteiger partial charge in [0.2, 0.25) is 5.13 Å². The molecule has 1 heterocycles. The van der Waals surface area contributed by atoms with E-state index in [9.17, 15) is 5.11 Å². The molecule has 0 fully saturated rings. The van der Waals surface area contributed by atoms with Crippen LogP contribution in [-0.4, -0.2) is 22.9 Å². The van der Waals surface area contributed by atoms with Gasteiger partial charge in [0, 0.05) is 16.5 Å². The monoisotopic (exact) mass is 379 g/mol. The average Bonchev–Trinajstić information content (AvgIpc) is 3.15. The van der Waals surface area contributed by atoms with Crippen molar-refractivity contribution in [1.82, 2.24) is 4.98 Å². The second-order valence-corrected chi connectivity index (χ2v) is 6.58. The van der Waals surface area contributed by atoms with Crippen LogP contribution in [0.2, 0.25) is 0 Å². The van der Waals surface area contributed by atoms with Crippen molar-refractivity contribution in [3.8, 4) is 22.8 Å². The SMILES string of the molecule is C=CCc1cc(C=NNc2nc(-c3ccccc3)cs2)cc(OCC)c1O. The molecule has 0 saturated heterocycles. The Hall–Kier alpha value is -3.12. The molecule has 1 aromatic heterocycles. The van der Waals surface area contributed by atoms with Crippen LogP contribution in [-0.2, 0) is 6.42 Å². The van der Waals surface area contributed by atoms with Gasteiger partial charge in [-0.1, -0.05) is 36.4 Å². The number of hydrazone groups is 1. The van der Waals surface area contributed by atoms with Crippen LogP contribution in [0.1, 0.15) is 18.1 Å². The zero-order valence-corrected chi connectivity index (χ0v) is 15.9. The number of aromatic nitrogens is 1. The van der Waals surface area contributed by atoms with Crippen molar-refractivity contribution in [2.24, 2.45) is 5.10 Å². The molecule has 0 amide bonds. The predicted molar refractivity (Wildman–Crippen MR) is 112 cm³/mol. The van der Waals surface area contributed by atoms with Crippen LogP contribution in [0.5, 0.6) is 11.5 Å². The number of hydrogen-bond donors (Lipinski definition) is 2. The summed E-state index contributed by atoms with van der Waals surface area (Å²) in [5.74, 6) is 0.591. The van der Waals surface area contributed by atoms with Gasteiger partial charge in [-0.15, -0.1) is 17.9 Å². The second kappa shape index (κ2) is 9.00. The van der Waals surface area contributed by atoms with Crippen molar-refractivity contribution in [3.05, 3.63) is 71.6 Å². The first kappa shape index (κ1) is 18.7. The Morgan fingerprint density at radius 3 is 2.85 bits per heavy atom. The van der Waals surface area contributed by atoms with Gasteiger partial charge in [0.05, 0.1) is 18.5 Å². The Morgan fingerprint density at radius 2 is 2.11 bits per heavy atom. The lowest BCUT2D eigenvalue weighted by atomic mass is 10.1. The highest BCUT2D eigenvalue weighted by molar-refractivity contribution is 7.14. The number of nitrogens with one attached hydrogen (secondary N) is 1. The van der Waals surface area contributed by atoms with Crippen LogP contribution in [0, 0.1) is 0 Å². The maximum atomic E-state index is 10.2. The summed E-state index contributed by atoms with van der Waals surface area (Å²) in [4.78, 5) is 4.54. The van der Waals surface area contributed by atoms with Crippen LogP contribution in [0.15, 0.2) is 65.6 Å². The van der Waals surface area contributed by atoms with E-state index >= 15 is 0 Å². The molecule has 138 valence electrons. The van der Waals surface area contributed by atoms with Gasteiger partial charge in [-0.3, -0.25) is 5.43 Å². The number of hydrogen-bond acceptors (Lipinski definition) is 6. The molecule has 0 bridgehead atoms. The molecule has 2 aromatic carbocycles. The number of aromatic hydroxyl groups is 1. The molecule has 0 aliphatic carbocycles. The van der Waals surface area contributed by atoms with E-state index in [1.807, 2.05) is 48.7 Å². The van der Waals surface area contributed by atoms with E-state index < -0.39 is 0 Å². The van der Waals surface area contributed by atoms with E-state index in [4.69, 9.17) is 4.74 Å². The molecule has 0 aliphatic heterocycles. The molecule has 5 nitrogen and oxygen atoms in total. The molecule has 6 heteroatoms. The van der Waals surface area contributed by atoms with Gasteiger partial charge >= 0.3 is 0 Å². The van der Waals surface area contributed by atoms with Gasteiger partial charge in [-0.25, -0.2) is 4.98 Å². The second-order valence-electron chi connectivity index (χ2n) is 5.73. The Balaban J connectivity index is 1.74. The molecule has 0 radical (unpaired) electrons. The highest BCUT2D eigenvalue weighted by atomic mass is 32.1. The molecule has 0 saturated carbocycles. The number of allylic oxidation sites excluding steroid dienone is 1. The van der Waals surface area contributed by atoms with E-state index in [1.54, 1.807) is 18.4 Å². The predicted octanol–water partition coefficient (Wildman–Crippen LogP) is 5.09. The first-order valence-electron chi connectivity index (χ1n) is 8.61. The van der Waals surface area contributed by atoms with Crippen molar-refractivity contribution >= 4 is 22.7 Å². The maximum Gasteiger partial charge on any atom is 0.203 e. The minimum atomic E-state index is 0.147. The van der Waals surface area contributed by atoms with Crippen molar-refractivity contribution in [2.45, 2.75) is 13.3 Å². The average molecular weight is 379 g/mol. The standard InChI is InChI=1S/C21H21N3O2S/c1-3-8-17-11-15(12-19(20(17)25)26-4-2)13-22-24-21-23-18(14-27-21)16-9-6-5-7-10-16/h3,5-7,9-14,25H,1,4,8H2,2H3,(H,23,24). The zero-order valence-electron chi connectivity index (χ0n) is 15.1. The lowest BCUT2D eigenvalue weighted by Gasteiger charge is -2.10. The fourth-order valence-corrected chi connectivity index (χ4v) is 3.24. The van der Waals surface area contributed by atoms with Gasteiger partial charge in [-0.2, -0.15) is 5.10 Å². The number of anilines is 1. The van der Waals surface area contributed by atoms with Gasteiger partial charge < -0.3 is 9.84 Å². The van der Waals surface area contributed by atoms with E-state index in [1.165, 1.54) is 11.3 Å². The fraction of sp³-hybridized carbons (Fsp3) is 0.143. The fourth-order valence-electron chi connectivity index (χ4n) is 2.57. The topological polar surface area (TPSA) is 66.7 Å². The summed E-state index contributed by atoms with van der Waals surface area (Å²) in [6.45, 7) is 6.08. The number of thiazole rings is 1. The quantitative estimate of drug-likeness (QED) is 0.325. The van der Waals surface area contributed by atoms with E-state index in [0.29, 0.717) is 23.9 Å². The molecule has 2 N–H and O–H groups in total. The lowest BCUT2D eigenvalue weighted by Crippen LogP contribution is -1.97. The highest BCUT2D eigenvalue weighted by Crippen LogP contribution is 2.32. The number of phenolic OH excluding ortho intramolecular Hbond substituents is 1. The number of ether oxygens (including phenoxy) is 1. The number of nitrogens with zero attached hydrogens (tertiary/aromatic N) is 2. The van der Waals surface area contributed by atoms with Crippen molar-refractivity contribution in [2.75, 3.05) is 12.0 Å². The summed E-state index contributed by atoms with van der Waals surface area (Å²) in [5.41, 5.74) is 6.50. The summed E-state index contributed by atoms with van der Waals surface area (Å²) in [6.07, 6.45) is 3.97. The molecule has 3 rings (SSSR count). The number of rotatable bonds is 8. The first-order chi connectivity index (χ1) is 13.2. The van der Waals surface area contributed by atoms with Crippen LogP contribution in [0.3, 0.4) is 0 Å². The van der Waals surface area contributed by atoms with E-state index in [0.717, 1.165) is 22.4 Å². The normalized spacial score (nSPS) is 10.9. The Bertz CT molecular complexity index is 936. The number of benzene rings is 2. The van der Waals surface area contributed by atoms with Crippen LogP contribution in [0.4, 0.5) is 5.13 Å². The minimum Gasteiger partial charge on any atom is -0.504 e. The summed E-state index contributed by atoms with van der Waals surface area (Å²) >= 11 is 1.49. The molecule has 27 heavy (non-hydrogen) atoms. The number of phenols is 1. The summed E-state index contributed by atoms with van der Waals surface area (Å²) in [6, 6.07) is 13.6. The molecule has 0 unspecified atom stereocenters. The zero-order chi connectivity index (χ0) is 19.1. The van der Waals surface area contributed by atoms with Crippen molar-refractivity contribution < 1.29 is 9.84 Å². The lowest BCUT2D eigenvalue weighted by molar-refractivity contribution is 0.317. The van der Waals surface area contributed by atoms with E-state index in [-0.39, 0.29) is 5.75 Å².